The molecule has 1 rings (SSSR count). The SMILES string of the molecule is NC(=Nc1ccccc1Cl)C(F)(F)F. The van der Waals surface area contributed by atoms with Gasteiger partial charge in [-0.3, -0.25) is 0 Å². The number of aliphatic imine (C=N–C) groups is 1. The summed E-state index contributed by atoms with van der Waals surface area (Å²) in [6.45, 7) is 0. The van der Waals surface area contributed by atoms with Gasteiger partial charge in [-0.1, -0.05) is 23.7 Å². The van der Waals surface area contributed by atoms with Gasteiger partial charge in [-0.05, 0) is 12.1 Å². The Morgan fingerprint density at radius 3 is 2.36 bits per heavy atom. The fourth-order valence-electron chi connectivity index (χ4n) is 0.736. The minimum absolute atomic E-state index is 0.00370. The molecule has 0 aromatic heterocycles. The number of para-hydroxylation sites is 1. The van der Waals surface area contributed by atoms with E-state index in [1.165, 1.54) is 18.2 Å². The van der Waals surface area contributed by atoms with Crippen molar-refractivity contribution in [3.63, 3.8) is 0 Å². The number of benzene rings is 1. The molecule has 14 heavy (non-hydrogen) atoms. The van der Waals surface area contributed by atoms with Gasteiger partial charge < -0.3 is 5.73 Å². The molecular formula is C8H6ClF3N2. The molecule has 0 fully saturated rings. The van der Waals surface area contributed by atoms with E-state index >= 15 is 0 Å². The lowest BCUT2D eigenvalue weighted by Crippen LogP contribution is -2.30. The average molecular weight is 223 g/mol. The first-order valence-electron chi connectivity index (χ1n) is 3.57. The molecule has 0 aliphatic heterocycles. The summed E-state index contributed by atoms with van der Waals surface area (Å²) in [7, 11) is 0. The van der Waals surface area contributed by atoms with Crippen molar-refractivity contribution in [1.82, 2.24) is 0 Å². The zero-order valence-electron chi connectivity index (χ0n) is 6.85. The van der Waals surface area contributed by atoms with E-state index in [0.717, 1.165) is 0 Å². The van der Waals surface area contributed by atoms with Crippen LogP contribution in [0.1, 0.15) is 0 Å². The van der Waals surface area contributed by atoms with Crippen LogP contribution in [0.2, 0.25) is 5.02 Å². The molecule has 0 unspecified atom stereocenters. The highest BCUT2D eigenvalue weighted by molar-refractivity contribution is 6.33. The Morgan fingerprint density at radius 2 is 1.86 bits per heavy atom. The lowest BCUT2D eigenvalue weighted by molar-refractivity contribution is -0.0597. The molecule has 0 spiro atoms. The van der Waals surface area contributed by atoms with Crippen molar-refractivity contribution in [3.05, 3.63) is 29.3 Å². The Balaban J connectivity index is 3.04. The van der Waals surface area contributed by atoms with Crippen molar-refractivity contribution < 1.29 is 13.2 Å². The van der Waals surface area contributed by atoms with Gasteiger partial charge in [0.2, 0.25) is 5.84 Å². The van der Waals surface area contributed by atoms with E-state index in [0.29, 0.717) is 0 Å². The highest BCUT2D eigenvalue weighted by Crippen LogP contribution is 2.25. The Kier molecular flexibility index (Phi) is 3.00. The van der Waals surface area contributed by atoms with Crippen LogP contribution in [-0.2, 0) is 0 Å². The molecule has 2 nitrogen and oxygen atoms in total. The molecule has 2 N–H and O–H groups in total. The van der Waals surface area contributed by atoms with Gasteiger partial charge in [0.25, 0.3) is 0 Å². The molecule has 0 bridgehead atoms. The minimum atomic E-state index is -4.63. The average Bonchev–Trinajstić information content (AvgIpc) is 2.07. The second kappa shape index (κ2) is 3.88. The molecule has 0 heterocycles. The number of nitrogens with zero attached hydrogens (tertiary/aromatic N) is 1. The normalized spacial score (nSPS) is 13.0. The monoisotopic (exact) mass is 222 g/mol. The summed E-state index contributed by atoms with van der Waals surface area (Å²) in [4.78, 5) is 3.17. The van der Waals surface area contributed by atoms with Crippen molar-refractivity contribution in [3.8, 4) is 0 Å². The highest BCUT2D eigenvalue weighted by Gasteiger charge is 2.33. The van der Waals surface area contributed by atoms with E-state index in [1.54, 1.807) is 6.07 Å². The predicted octanol–water partition coefficient (Wildman–Crippen LogP) is 2.89. The number of nitrogens with two attached hydrogens (primary N) is 1. The number of rotatable bonds is 1. The summed E-state index contributed by atoms with van der Waals surface area (Å²) < 4.78 is 35.9. The lowest BCUT2D eigenvalue weighted by atomic mass is 10.3. The second-order valence-corrected chi connectivity index (χ2v) is 2.85. The molecule has 0 radical (unpaired) electrons. The molecule has 76 valence electrons. The number of halogens is 4. The number of alkyl halides is 3. The van der Waals surface area contributed by atoms with Crippen LogP contribution in [0.5, 0.6) is 0 Å². The van der Waals surface area contributed by atoms with Crippen LogP contribution in [0.15, 0.2) is 29.3 Å². The fraction of sp³-hybridized carbons (Fsp3) is 0.125. The van der Waals surface area contributed by atoms with Crippen LogP contribution in [0.4, 0.5) is 18.9 Å². The molecule has 6 heteroatoms. The topological polar surface area (TPSA) is 38.4 Å². The van der Waals surface area contributed by atoms with E-state index in [9.17, 15) is 13.2 Å². The van der Waals surface area contributed by atoms with Crippen LogP contribution in [0, 0.1) is 0 Å². The van der Waals surface area contributed by atoms with Crippen molar-refractivity contribution >= 4 is 23.1 Å². The number of amidine groups is 1. The van der Waals surface area contributed by atoms with E-state index in [4.69, 9.17) is 17.3 Å². The van der Waals surface area contributed by atoms with E-state index in [1.807, 2.05) is 0 Å². The van der Waals surface area contributed by atoms with Crippen LogP contribution >= 0.6 is 11.6 Å². The summed E-state index contributed by atoms with van der Waals surface area (Å²) in [5.74, 6) is -1.41. The van der Waals surface area contributed by atoms with Gasteiger partial charge in [0.05, 0.1) is 10.7 Å². The maximum absolute atomic E-state index is 12.0. The smallest absolute Gasteiger partial charge is 0.380 e. The quantitative estimate of drug-likeness (QED) is 0.576. The lowest BCUT2D eigenvalue weighted by Gasteiger charge is -2.05. The van der Waals surface area contributed by atoms with Gasteiger partial charge in [0.15, 0.2) is 0 Å². The predicted molar refractivity (Wildman–Crippen MR) is 48.8 cm³/mol. The first-order chi connectivity index (χ1) is 6.41. The molecule has 0 aliphatic carbocycles. The third-order valence-corrected chi connectivity index (χ3v) is 1.70. The van der Waals surface area contributed by atoms with E-state index in [-0.39, 0.29) is 10.7 Å². The fourth-order valence-corrected chi connectivity index (χ4v) is 0.914. The first-order valence-corrected chi connectivity index (χ1v) is 3.95. The van der Waals surface area contributed by atoms with Gasteiger partial charge in [-0.2, -0.15) is 13.2 Å². The zero-order valence-corrected chi connectivity index (χ0v) is 7.60. The minimum Gasteiger partial charge on any atom is -0.380 e. The van der Waals surface area contributed by atoms with Crippen molar-refractivity contribution in [2.24, 2.45) is 10.7 Å². The van der Waals surface area contributed by atoms with Crippen molar-refractivity contribution in [2.45, 2.75) is 6.18 Å². The Hall–Kier alpha value is -1.23. The largest absolute Gasteiger partial charge is 0.448 e. The van der Waals surface area contributed by atoms with Crippen LogP contribution < -0.4 is 5.73 Å². The summed E-state index contributed by atoms with van der Waals surface area (Å²) >= 11 is 5.59. The molecular weight excluding hydrogens is 217 g/mol. The standard InChI is InChI=1S/C8H6ClF3N2/c9-5-3-1-2-4-6(5)14-7(13)8(10,11)12/h1-4H,(H2,13,14). The number of hydrogen-bond donors (Lipinski definition) is 1. The Labute approximate surface area is 83.2 Å². The highest BCUT2D eigenvalue weighted by atomic mass is 35.5. The van der Waals surface area contributed by atoms with Gasteiger partial charge in [-0.15, -0.1) is 0 Å². The summed E-state index contributed by atoms with van der Waals surface area (Å²) in [5, 5.41) is 0.125. The van der Waals surface area contributed by atoms with Gasteiger partial charge in [-0.25, -0.2) is 4.99 Å². The van der Waals surface area contributed by atoms with Gasteiger partial charge >= 0.3 is 6.18 Å². The second-order valence-electron chi connectivity index (χ2n) is 2.45. The van der Waals surface area contributed by atoms with Gasteiger partial charge in [0.1, 0.15) is 0 Å². The molecule has 1 aromatic rings. The maximum Gasteiger partial charge on any atom is 0.448 e. The Morgan fingerprint density at radius 1 is 1.29 bits per heavy atom. The third kappa shape index (κ3) is 2.63. The molecule has 0 atom stereocenters. The summed E-state index contributed by atoms with van der Waals surface area (Å²) in [6, 6.07) is 5.89. The van der Waals surface area contributed by atoms with Gasteiger partial charge in [0, 0.05) is 0 Å². The number of hydrogen-bond acceptors (Lipinski definition) is 1. The van der Waals surface area contributed by atoms with Crippen LogP contribution in [-0.4, -0.2) is 12.0 Å². The van der Waals surface area contributed by atoms with Crippen LogP contribution in [0.25, 0.3) is 0 Å². The summed E-state index contributed by atoms with van der Waals surface area (Å²) in [5.41, 5.74) is 4.72. The zero-order chi connectivity index (χ0) is 10.8. The third-order valence-electron chi connectivity index (χ3n) is 1.38. The first kappa shape index (κ1) is 10.8. The van der Waals surface area contributed by atoms with E-state index < -0.39 is 12.0 Å². The molecule has 0 amide bonds. The summed E-state index contributed by atoms with van der Waals surface area (Å²) in [6.07, 6.45) is -4.63. The van der Waals surface area contributed by atoms with Crippen molar-refractivity contribution in [1.29, 1.82) is 0 Å². The molecule has 0 saturated heterocycles. The maximum atomic E-state index is 12.0. The van der Waals surface area contributed by atoms with Crippen molar-refractivity contribution in [2.75, 3.05) is 0 Å². The molecule has 1 aromatic carbocycles. The van der Waals surface area contributed by atoms with E-state index in [2.05, 4.69) is 4.99 Å². The molecule has 0 aliphatic rings. The Bertz CT molecular complexity index is 360. The molecule has 0 saturated carbocycles. The van der Waals surface area contributed by atoms with Crippen LogP contribution in [0.3, 0.4) is 0 Å².